The number of benzene rings is 2. The molecular weight excluding hydrogens is 357 g/mol. The highest BCUT2D eigenvalue weighted by atomic mass is 19.1. The molecule has 6 heteroatoms. The number of hydrogen-bond acceptors (Lipinski definition) is 3. The SMILES string of the molecule is COc1cccc(NC(=O)NCCCN2CCC(c3ccc(F)cc3)=C2C)c1. The van der Waals surface area contributed by atoms with Gasteiger partial charge in [-0.2, -0.15) is 0 Å². The number of ether oxygens (including phenoxy) is 1. The number of allylic oxidation sites excluding steroid dienone is 1. The predicted octanol–water partition coefficient (Wildman–Crippen LogP) is 4.48. The fraction of sp³-hybridized carbons (Fsp3) is 0.318. The van der Waals surface area contributed by atoms with E-state index in [-0.39, 0.29) is 11.8 Å². The van der Waals surface area contributed by atoms with Gasteiger partial charge >= 0.3 is 6.03 Å². The lowest BCUT2D eigenvalue weighted by molar-refractivity contribution is 0.251. The van der Waals surface area contributed by atoms with Gasteiger partial charge in [0, 0.05) is 37.1 Å². The molecule has 148 valence electrons. The number of carbonyl (C=O) groups excluding carboxylic acids is 1. The average molecular weight is 383 g/mol. The van der Waals surface area contributed by atoms with Gasteiger partial charge in [-0.1, -0.05) is 18.2 Å². The van der Waals surface area contributed by atoms with Gasteiger partial charge < -0.3 is 20.3 Å². The van der Waals surface area contributed by atoms with Crippen LogP contribution in [0, 0.1) is 5.82 Å². The molecule has 1 heterocycles. The van der Waals surface area contributed by atoms with Crippen LogP contribution in [-0.2, 0) is 0 Å². The molecule has 0 aromatic heterocycles. The van der Waals surface area contributed by atoms with Crippen LogP contribution in [0.15, 0.2) is 54.2 Å². The summed E-state index contributed by atoms with van der Waals surface area (Å²) in [5.41, 5.74) is 4.27. The van der Waals surface area contributed by atoms with Gasteiger partial charge in [0.1, 0.15) is 11.6 Å². The molecule has 5 nitrogen and oxygen atoms in total. The number of urea groups is 1. The Hall–Kier alpha value is -3.02. The van der Waals surface area contributed by atoms with Crippen molar-refractivity contribution in [3.63, 3.8) is 0 Å². The molecule has 0 saturated heterocycles. The number of rotatable bonds is 7. The predicted molar refractivity (Wildman–Crippen MR) is 110 cm³/mol. The lowest BCUT2D eigenvalue weighted by Crippen LogP contribution is -2.31. The van der Waals surface area contributed by atoms with Crippen molar-refractivity contribution >= 4 is 17.3 Å². The number of carbonyl (C=O) groups is 1. The van der Waals surface area contributed by atoms with E-state index >= 15 is 0 Å². The summed E-state index contributed by atoms with van der Waals surface area (Å²) in [6.45, 7) is 4.52. The van der Waals surface area contributed by atoms with Crippen LogP contribution < -0.4 is 15.4 Å². The third-order valence-corrected chi connectivity index (χ3v) is 4.95. The van der Waals surface area contributed by atoms with Crippen LogP contribution in [0.2, 0.25) is 0 Å². The third kappa shape index (κ3) is 5.03. The standard InChI is InChI=1S/C22H26FN3O2/c1-16-21(17-7-9-18(23)10-8-17)11-14-26(16)13-4-12-24-22(27)25-19-5-3-6-20(15-19)28-2/h3,5-10,15H,4,11-14H2,1-2H3,(H2,24,25,27). The fourth-order valence-corrected chi connectivity index (χ4v) is 3.42. The number of methoxy groups -OCH3 is 1. The Balaban J connectivity index is 1.43. The van der Waals surface area contributed by atoms with Crippen molar-refractivity contribution in [2.75, 3.05) is 32.1 Å². The first-order valence-electron chi connectivity index (χ1n) is 9.46. The molecule has 0 saturated carbocycles. The van der Waals surface area contributed by atoms with Gasteiger partial charge in [0.2, 0.25) is 0 Å². The van der Waals surface area contributed by atoms with Gasteiger partial charge in [0.25, 0.3) is 0 Å². The van der Waals surface area contributed by atoms with E-state index in [1.165, 1.54) is 23.4 Å². The van der Waals surface area contributed by atoms with E-state index in [2.05, 4.69) is 22.5 Å². The van der Waals surface area contributed by atoms with Crippen molar-refractivity contribution in [3.05, 3.63) is 65.6 Å². The Bertz CT molecular complexity index is 849. The first-order chi connectivity index (χ1) is 13.6. The Labute approximate surface area is 165 Å². The molecule has 3 rings (SSSR count). The smallest absolute Gasteiger partial charge is 0.319 e. The summed E-state index contributed by atoms with van der Waals surface area (Å²) >= 11 is 0. The molecule has 2 aromatic rings. The van der Waals surface area contributed by atoms with E-state index in [0.717, 1.165) is 31.5 Å². The summed E-state index contributed by atoms with van der Waals surface area (Å²) in [4.78, 5) is 14.3. The minimum absolute atomic E-state index is 0.213. The molecule has 0 atom stereocenters. The second kappa shape index (κ2) is 9.26. The summed E-state index contributed by atoms with van der Waals surface area (Å²) in [5.74, 6) is 0.487. The van der Waals surface area contributed by atoms with Gasteiger partial charge in [-0.25, -0.2) is 9.18 Å². The quantitative estimate of drug-likeness (QED) is 0.693. The van der Waals surface area contributed by atoms with Crippen molar-refractivity contribution in [2.45, 2.75) is 19.8 Å². The summed E-state index contributed by atoms with van der Waals surface area (Å²) in [6.07, 6.45) is 1.81. The normalized spacial score (nSPS) is 13.6. The number of amides is 2. The topological polar surface area (TPSA) is 53.6 Å². The maximum Gasteiger partial charge on any atom is 0.319 e. The van der Waals surface area contributed by atoms with E-state index in [9.17, 15) is 9.18 Å². The number of anilines is 1. The van der Waals surface area contributed by atoms with Gasteiger partial charge in [0.15, 0.2) is 0 Å². The van der Waals surface area contributed by atoms with E-state index in [4.69, 9.17) is 4.74 Å². The van der Waals surface area contributed by atoms with Crippen LogP contribution in [0.1, 0.15) is 25.3 Å². The summed E-state index contributed by atoms with van der Waals surface area (Å²) in [7, 11) is 1.59. The molecule has 0 fully saturated rings. The molecule has 0 unspecified atom stereocenters. The fourth-order valence-electron chi connectivity index (χ4n) is 3.42. The molecule has 1 aliphatic rings. The minimum atomic E-state index is -0.228. The highest BCUT2D eigenvalue weighted by Crippen LogP contribution is 2.31. The van der Waals surface area contributed by atoms with E-state index < -0.39 is 0 Å². The molecule has 1 aliphatic heterocycles. The Morgan fingerprint density at radius 2 is 2.00 bits per heavy atom. The van der Waals surface area contributed by atoms with Crippen LogP contribution in [0.4, 0.5) is 14.9 Å². The third-order valence-electron chi connectivity index (χ3n) is 4.95. The zero-order chi connectivity index (χ0) is 19.9. The first-order valence-corrected chi connectivity index (χ1v) is 9.46. The van der Waals surface area contributed by atoms with Gasteiger partial charge in [-0.05, 0) is 55.2 Å². The number of halogens is 1. The van der Waals surface area contributed by atoms with Crippen molar-refractivity contribution < 1.29 is 13.9 Å². The zero-order valence-electron chi connectivity index (χ0n) is 16.3. The molecule has 28 heavy (non-hydrogen) atoms. The number of nitrogens with one attached hydrogen (secondary N) is 2. The van der Waals surface area contributed by atoms with Gasteiger partial charge in [-0.3, -0.25) is 0 Å². The molecular formula is C22H26FN3O2. The van der Waals surface area contributed by atoms with Crippen LogP contribution in [-0.4, -0.2) is 37.7 Å². The van der Waals surface area contributed by atoms with Crippen LogP contribution in [0.25, 0.3) is 5.57 Å². The van der Waals surface area contributed by atoms with E-state index in [1.54, 1.807) is 13.2 Å². The second-order valence-electron chi connectivity index (χ2n) is 6.77. The van der Waals surface area contributed by atoms with Gasteiger partial charge in [0.05, 0.1) is 7.11 Å². The molecule has 0 radical (unpaired) electrons. The molecule has 0 aliphatic carbocycles. The van der Waals surface area contributed by atoms with Crippen molar-refractivity contribution in [1.29, 1.82) is 0 Å². The lowest BCUT2D eigenvalue weighted by atomic mass is 10.0. The maximum atomic E-state index is 13.1. The minimum Gasteiger partial charge on any atom is -0.497 e. The van der Waals surface area contributed by atoms with Crippen LogP contribution in [0.5, 0.6) is 5.75 Å². The number of hydrogen-bond donors (Lipinski definition) is 2. The van der Waals surface area contributed by atoms with Crippen molar-refractivity contribution in [1.82, 2.24) is 10.2 Å². The average Bonchev–Trinajstić information content (AvgIpc) is 3.06. The first kappa shape index (κ1) is 19.7. The Kier molecular flexibility index (Phi) is 6.53. The Morgan fingerprint density at radius 3 is 2.75 bits per heavy atom. The number of nitrogens with zero attached hydrogens (tertiary/aromatic N) is 1. The summed E-state index contributed by atoms with van der Waals surface area (Å²) in [5, 5.41) is 5.68. The lowest BCUT2D eigenvalue weighted by Gasteiger charge is -2.20. The van der Waals surface area contributed by atoms with Crippen LogP contribution in [0.3, 0.4) is 0 Å². The molecule has 0 bridgehead atoms. The Morgan fingerprint density at radius 1 is 1.21 bits per heavy atom. The molecule has 2 N–H and O–H groups in total. The molecule has 2 amide bonds. The monoisotopic (exact) mass is 383 g/mol. The van der Waals surface area contributed by atoms with Crippen molar-refractivity contribution in [2.24, 2.45) is 0 Å². The van der Waals surface area contributed by atoms with Crippen molar-refractivity contribution in [3.8, 4) is 5.75 Å². The van der Waals surface area contributed by atoms with Crippen LogP contribution >= 0.6 is 0 Å². The second-order valence-corrected chi connectivity index (χ2v) is 6.77. The summed E-state index contributed by atoms with van der Waals surface area (Å²) < 4.78 is 18.3. The highest BCUT2D eigenvalue weighted by molar-refractivity contribution is 5.89. The van der Waals surface area contributed by atoms with Gasteiger partial charge in [-0.15, -0.1) is 0 Å². The van der Waals surface area contributed by atoms with E-state index in [0.29, 0.717) is 18.0 Å². The molecule has 2 aromatic carbocycles. The highest BCUT2D eigenvalue weighted by Gasteiger charge is 2.19. The summed E-state index contributed by atoms with van der Waals surface area (Å²) in [6, 6.07) is 13.7. The maximum absolute atomic E-state index is 13.1. The largest absolute Gasteiger partial charge is 0.497 e. The van der Waals surface area contributed by atoms with E-state index in [1.807, 2.05) is 30.3 Å². The molecule has 0 spiro atoms. The zero-order valence-corrected chi connectivity index (χ0v) is 16.3.